The van der Waals surface area contributed by atoms with Crippen molar-refractivity contribution in [2.24, 2.45) is 0 Å². The van der Waals surface area contributed by atoms with Crippen molar-refractivity contribution >= 4 is 5.97 Å². The van der Waals surface area contributed by atoms with Gasteiger partial charge in [0.1, 0.15) is 0 Å². The van der Waals surface area contributed by atoms with Crippen molar-refractivity contribution < 1.29 is 16.7 Å². The highest BCUT2D eigenvalue weighted by molar-refractivity contribution is 5.85. The average Bonchev–Trinajstić information content (AvgIpc) is 1.84. The standard InChI is InChI=1S/C6H9FO2/c1-4(2)9-6(8)5(3)7/h4H,3H2,1-2H3/i3D2. The van der Waals surface area contributed by atoms with E-state index in [-0.39, 0.29) is 0 Å². The second-order valence-electron chi connectivity index (χ2n) is 1.77. The van der Waals surface area contributed by atoms with Crippen molar-refractivity contribution in [3.63, 3.8) is 0 Å². The molecule has 0 amide bonds. The minimum absolute atomic E-state index is 0.437. The van der Waals surface area contributed by atoms with Gasteiger partial charge in [0.25, 0.3) is 0 Å². The van der Waals surface area contributed by atoms with E-state index in [0.717, 1.165) is 0 Å². The number of hydrogen-bond acceptors (Lipinski definition) is 2. The molecule has 9 heavy (non-hydrogen) atoms. The predicted octanol–water partition coefficient (Wildman–Crippen LogP) is 1.42. The number of ether oxygens (including phenoxy) is 1. The van der Waals surface area contributed by atoms with E-state index in [0.29, 0.717) is 0 Å². The Labute approximate surface area is 56.1 Å². The molecule has 0 saturated carbocycles. The van der Waals surface area contributed by atoms with Crippen molar-refractivity contribution in [2.75, 3.05) is 0 Å². The van der Waals surface area contributed by atoms with Crippen LogP contribution < -0.4 is 0 Å². The Morgan fingerprint density at radius 3 is 2.78 bits per heavy atom. The van der Waals surface area contributed by atoms with Gasteiger partial charge in [0, 0.05) is 0 Å². The first-order chi connectivity index (χ1) is 4.95. The van der Waals surface area contributed by atoms with E-state index in [2.05, 4.69) is 4.74 Å². The summed E-state index contributed by atoms with van der Waals surface area (Å²) in [6, 6.07) is 0. The Morgan fingerprint density at radius 1 is 1.89 bits per heavy atom. The molecule has 0 fully saturated rings. The third kappa shape index (κ3) is 3.70. The maximum Gasteiger partial charge on any atom is 0.366 e. The lowest BCUT2D eigenvalue weighted by Crippen LogP contribution is -2.10. The summed E-state index contributed by atoms with van der Waals surface area (Å²) in [7, 11) is 0. The predicted molar refractivity (Wildman–Crippen MR) is 31.5 cm³/mol. The summed E-state index contributed by atoms with van der Waals surface area (Å²) in [4.78, 5) is 10.5. The zero-order valence-corrected chi connectivity index (χ0v) is 5.27. The Kier molecular flexibility index (Phi) is 1.78. The molecule has 52 valence electrons. The maximum absolute atomic E-state index is 12.3. The molecular formula is C6H9FO2. The monoisotopic (exact) mass is 134 g/mol. The molecule has 0 radical (unpaired) electrons. The van der Waals surface area contributed by atoms with Crippen molar-refractivity contribution in [3.8, 4) is 0 Å². The number of esters is 1. The highest BCUT2D eigenvalue weighted by Crippen LogP contribution is 1.98. The van der Waals surface area contributed by atoms with Gasteiger partial charge in [-0.05, 0) is 13.8 Å². The molecule has 3 heteroatoms. The van der Waals surface area contributed by atoms with Crippen molar-refractivity contribution in [2.45, 2.75) is 20.0 Å². The van der Waals surface area contributed by atoms with Gasteiger partial charge in [-0.1, -0.05) is 6.53 Å². The number of hydrogen-bond donors (Lipinski definition) is 0. The lowest BCUT2D eigenvalue weighted by molar-refractivity contribution is -0.144. The van der Waals surface area contributed by atoms with Crippen LogP contribution in [0.5, 0.6) is 0 Å². The normalized spacial score (nSPS) is 12.0. The fourth-order valence-electron chi connectivity index (χ4n) is 0.266. The van der Waals surface area contributed by atoms with Crippen LogP contribution in [0.15, 0.2) is 12.4 Å². The number of rotatable bonds is 2. The quantitative estimate of drug-likeness (QED) is 0.421. The highest BCUT2D eigenvalue weighted by atomic mass is 19.1. The van der Waals surface area contributed by atoms with Gasteiger partial charge in [0.05, 0.1) is 8.85 Å². The Morgan fingerprint density at radius 2 is 2.44 bits per heavy atom. The van der Waals surface area contributed by atoms with E-state index in [1.54, 1.807) is 13.8 Å². The first kappa shape index (κ1) is 4.97. The van der Waals surface area contributed by atoms with Crippen LogP contribution in [-0.4, -0.2) is 12.1 Å². The van der Waals surface area contributed by atoms with E-state index >= 15 is 0 Å². The summed E-state index contributed by atoms with van der Waals surface area (Å²) in [5.74, 6) is -2.71. The molecule has 0 spiro atoms. The smallest absolute Gasteiger partial charge is 0.366 e. The Balaban J connectivity index is 4.17. The van der Waals surface area contributed by atoms with Crippen LogP contribution in [0.2, 0.25) is 0 Å². The van der Waals surface area contributed by atoms with Gasteiger partial charge >= 0.3 is 5.97 Å². The second-order valence-corrected chi connectivity index (χ2v) is 1.77. The van der Waals surface area contributed by atoms with Crippen LogP contribution in [0.4, 0.5) is 4.39 Å². The molecule has 0 heterocycles. The first-order valence-corrected chi connectivity index (χ1v) is 2.49. The zero-order chi connectivity index (χ0) is 9.02. The van der Waals surface area contributed by atoms with E-state index in [1.807, 2.05) is 0 Å². The van der Waals surface area contributed by atoms with Gasteiger partial charge in [0.2, 0.25) is 5.83 Å². The molecule has 0 unspecified atom stereocenters. The Hall–Kier alpha value is -0.860. The average molecular weight is 134 g/mol. The molecule has 0 aliphatic rings. The molecular weight excluding hydrogens is 123 g/mol. The topological polar surface area (TPSA) is 26.3 Å². The maximum atomic E-state index is 12.3. The van der Waals surface area contributed by atoms with Crippen LogP contribution in [0.25, 0.3) is 0 Å². The van der Waals surface area contributed by atoms with Crippen LogP contribution in [0.3, 0.4) is 0 Å². The largest absolute Gasteiger partial charge is 0.458 e. The van der Waals surface area contributed by atoms with Gasteiger partial charge in [0.15, 0.2) is 0 Å². The lowest BCUT2D eigenvalue weighted by Gasteiger charge is -2.04. The van der Waals surface area contributed by atoms with E-state index in [4.69, 9.17) is 2.74 Å². The molecule has 0 aromatic heterocycles. The van der Waals surface area contributed by atoms with Gasteiger partial charge in [-0.25, -0.2) is 4.79 Å². The summed E-state index contributed by atoms with van der Waals surface area (Å²) < 4.78 is 29.5. The van der Waals surface area contributed by atoms with Crippen molar-refractivity contribution in [3.05, 3.63) is 12.4 Å². The number of halogens is 1. The molecule has 0 saturated heterocycles. The molecule has 0 atom stereocenters. The fraction of sp³-hybridized carbons (Fsp3) is 0.500. The third-order valence-electron chi connectivity index (χ3n) is 0.522. The van der Waals surface area contributed by atoms with Crippen molar-refractivity contribution in [1.82, 2.24) is 0 Å². The van der Waals surface area contributed by atoms with Crippen molar-refractivity contribution in [1.29, 1.82) is 0 Å². The third-order valence-corrected chi connectivity index (χ3v) is 0.522. The van der Waals surface area contributed by atoms with E-state index in [1.165, 1.54) is 0 Å². The SMILES string of the molecule is [2H]C([2H])=C(F)C(=O)OC(C)C. The molecule has 0 aromatic rings. The number of carbonyl (C=O) groups is 1. The second kappa shape index (κ2) is 3.22. The fourth-order valence-corrected chi connectivity index (χ4v) is 0.266. The minimum atomic E-state index is -1.46. The van der Waals surface area contributed by atoms with Gasteiger partial charge in [-0.15, -0.1) is 0 Å². The van der Waals surface area contributed by atoms with E-state index in [9.17, 15) is 9.18 Å². The van der Waals surface area contributed by atoms with E-state index < -0.39 is 24.4 Å². The van der Waals surface area contributed by atoms with Crippen LogP contribution in [-0.2, 0) is 9.53 Å². The van der Waals surface area contributed by atoms with Crippen LogP contribution in [0, 0.1) is 0 Å². The van der Waals surface area contributed by atoms with Crippen LogP contribution in [0.1, 0.15) is 16.6 Å². The molecule has 2 nitrogen and oxygen atoms in total. The van der Waals surface area contributed by atoms with Gasteiger partial charge < -0.3 is 4.74 Å². The van der Waals surface area contributed by atoms with Gasteiger partial charge in [-0.3, -0.25) is 0 Å². The Bertz CT molecular complexity index is 185. The molecule has 0 N–H and O–H groups in total. The summed E-state index contributed by atoms with van der Waals surface area (Å²) >= 11 is 0. The highest BCUT2D eigenvalue weighted by Gasteiger charge is 2.07. The summed E-state index contributed by atoms with van der Waals surface area (Å²) in [5, 5.41) is 0. The molecule has 0 aliphatic carbocycles. The summed E-state index contributed by atoms with van der Waals surface area (Å²) in [5.41, 5.74) is 0. The lowest BCUT2D eigenvalue weighted by atomic mass is 10.5. The van der Waals surface area contributed by atoms with Gasteiger partial charge in [-0.2, -0.15) is 4.39 Å². The number of carbonyl (C=O) groups excluding carboxylic acids is 1. The summed E-state index contributed by atoms with van der Waals surface area (Å²) in [6.45, 7) is 1.95. The molecule has 0 rings (SSSR count). The van der Waals surface area contributed by atoms with Crippen LogP contribution >= 0.6 is 0 Å². The zero-order valence-electron chi connectivity index (χ0n) is 7.27. The molecule has 0 bridgehead atoms. The molecule has 0 aromatic carbocycles. The summed E-state index contributed by atoms with van der Waals surface area (Å²) in [6.07, 6.45) is -0.437. The molecule has 0 aliphatic heterocycles. The first-order valence-electron chi connectivity index (χ1n) is 3.49. The minimum Gasteiger partial charge on any atom is -0.458 e.